The van der Waals surface area contributed by atoms with E-state index < -0.39 is 0 Å². The Balaban J connectivity index is 1.77. The summed E-state index contributed by atoms with van der Waals surface area (Å²) in [6, 6.07) is 0.987. The minimum Gasteiger partial charge on any atom is -0.336 e. The topological polar surface area (TPSA) is 56.8 Å². The zero-order valence-electron chi connectivity index (χ0n) is 12.2. The Morgan fingerprint density at radius 2 is 1.79 bits per heavy atom. The van der Waals surface area contributed by atoms with Gasteiger partial charge in [-0.1, -0.05) is 19.8 Å². The van der Waals surface area contributed by atoms with Gasteiger partial charge in [-0.3, -0.25) is 5.10 Å². The maximum atomic E-state index is 4.79. The van der Waals surface area contributed by atoms with Crippen LogP contribution in [0.5, 0.6) is 0 Å². The number of anilines is 1. The summed E-state index contributed by atoms with van der Waals surface area (Å²) in [6.45, 7) is 8.72. The lowest BCUT2D eigenvalue weighted by Gasteiger charge is -2.35. The SMILES string of the molecule is CC1CN(c2n[nH]c(C3(C)CCCC3)n2)CC(C)N1. The van der Waals surface area contributed by atoms with E-state index in [0.717, 1.165) is 24.9 Å². The van der Waals surface area contributed by atoms with Crippen LogP contribution in [0, 0.1) is 0 Å². The molecule has 0 aromatic carbocycles. The first-order valence-corrected chi connectivity index (χ1v) is 7.51. The summed E-state index contributed by atoms with van der Waals surface area (Å²) in [5.74, 6) is 1.96. The zero-order valence-corrected chi connectivity index (χ0v) is 12.2. The third-order valence-electron chi connectivity index (χ3n) is 4.59. The summed E-state index contributed by atoms with van der Waals surface area (Å²) in [4.78, 5) is 7.08. The standard InChI is InChI=1S/C14H25N5/c1-10-8-19(9-11(2)15-10)13-16-12(17-18-13)14(3)6-4-5-7-14/h10-11,15H,4-9H2,1-3H3,(H,16,17,18). The van der Waals surface area contributed by atoms with Crippen molar-refractivity contribution in [1.29, 1.82) is 0 Å². The van der Waals surface area contributed by atoms with Crippen molar-refractivity contribution >= 4 is 5.95 Å². The molecule has 1 aromatic heterocycles. The molecule has 2 aliphatic rings. The maximum absolute atomic E-state index is 4.79. The van der Waals surface area contributed by atoms with E-state index in [1.54, 1.807) is 0 Å². The van der Waals surface area contributed by atoms with Crippen LogP contribution >= 0.6 is 0 Å². The largest absolute Gasteiger partial charge is 0.336 e. The van der Waals surface area contributed by atoms with Gasteiger partial charge in [-0.05, 0) is 26.7 Å². The fourth-order valence-electron chi connectivity index (χ4n) is 3.55. The van der Waals surface area contributed by atoms with E-state index in [-0.39, 0.29) is 5.41 Å². The Kier molecular flexibility index (Phi) is 3.25. The van der Waals surface area contributed by atoms with Gasteiger partial charge in [0.1, 0.15) is 5.82 Å². The van der Waals surface area contributed by atoms with Crippen LogP contribution in [-0.4, -0.2) is 40.4 Å². The number of aromatic nitrogens is 3. The van der Waals surface area contributed by atoms with Crippen molar-refractivity contribution in [3.05, 3.63) is 5.82 Å². The van der Waals surface area contributed by atoms with E-state index in [0.29, 0.717) is 12.1 Å². The second-order valence-corrected chi connectivity index (χ2v) is 6.63. The molecule has 2 atom stereocenters. The number of nitrogens with zero attached hydrogens (tertiary/aromatic N) is 3. The summed E-state index contributed by atoms with van der Waals surface area (Å²) in [7, 11) is 0. The first kappa shape index (κ1) is 12.9. The molecule has 0 bridgehead atoms. The smallest absolute Gasteiger partial charge is 0.244 e. The summed E-state index contributed by atoms with van der Waals surface area (Å²) in [6.07, 6.45) is 5.09. The highest BCUT2D eigenvalue weighted by Crippen LogP contribution is 2.39. The van der Waals surface area contributed by atoms with Crippen LogP contribution in [0.1, 0.15) is 52.3 Å². The predicted octanol–water partition coefficient (Wildman–Crippen LogP) is 1.82. The van der Waals surface area contributed by atoms with Crippen LogP contribution in [0.25, 0.3) is 0 Å². The molecule has 1 aliphatic heterocycles. The van der Waals surface area contributed by atoms with Gasteiger partial charge in [0.05, 0.1) is 0 Å². The number of hydrogen-bond acceptors (Lipinski definition) is 4. The third kappa shape index (κ3) is 2.48. The molecule has 5 heteroatoms. The molecule has 106 valence electrons. The highest BCUT2D eigenvalue weighted by molar-refractivity contribution is 5.32. The Hall–Kier alpha value is -1.10. The van der Waals surface area contributed by atoms with Crippen molar-refractivity contribution in [2.75, 3.05) is 18.0 Å². The molecule has 0 spiro atoms. The highest BCUT2D eigenvalue weighted by Gasteiger charge is 2.34. The van der Waals surface area contributed by atoms with Crippen LogP contribution in [0.2, 0.25) is 0 Å². The first-order chi connectivity index (χ1) is 9.07. The minimum atomic E-state index is 0.219. The van der Waals surface area contributed by atoms with E-state index >= 15 is 0 Å². The van der Waals surface area contributed by atoms with Gasteiger partial charge in [0.2, 0.25) is 5.95 Å². The van der Waals surface area contributed by atoms with Crippen LogP contribution < -0.4 is 10.2 Å². The summed E-state index contributed by atoms with van der Waals surface area (Å²) in [5, 5.41) is 11.2. The monoisotopic (exact) mass is 263 g/mol. The molecular formula is C14H25N5. The van der Waals surface area contributed by atoms with Gasteiger partial charge in [0.25, 0.3) is 0 Å². The normalized spacial score (nSPS) is 30.8. The molecule has 19 heavy (non-hydrogen) atoms. The maximum Gasteiger partial charge on any atom is 0.244 e. The molecular weight excluding hydrogens is 238 g/mol. The van der Waals surface area contributed by atoms with E-state index in [4.69, 9.17) is 4.98 Å². The van der Waals surface area contributed by atoms with Gasteiger partial charge in [0, 0.05) is 30.6 Å². The lowest BCUT2D eigenvalue weighted by molar-refractivity contribution is 0.403. The number of piperazine rings is 1. The molecule has 0 radical (unpaired) electrons. The molecule has 2 unspecified atom stereocenters. The van der Waals surface area contributed by atoms with Crippen LogP contribution in [0.15, 0.2) is 0 Å². The van der Waals surface area contributed by atoms with Crippen molar-refractivity contribution in [3.63, 3.8) is 0 Å². The Morgan fingerprint density at radius 3 is 2.42 bits per heavy atom. The zero-order chi connectivity index (χ0) is 13.5. The van der Waals surface area contributed by atoms with Gasteiger partial charge in [-0.2, -0.15) is 4.98 Å². The number of H-pyrrole nitrogens is 1. The van der Waals surface area contributed by atoms with Crippen LogP contribution in [0.4, 0.5) is 5.95 Å². The number of hydrogen-bond donors (Lipinski definition) is 2. The fraction of sp³-hybridized carbons (Fsp3) is 0.857. The Labute approximate surface area is 115 Å². The van der Waals surface area contributed by atoms with Crippen molar-refractivity contribution in [2.45, 2.75) is 64.0 Å². The van der Waals surface area contributed by atoms with E-state index in [1.807, 2.05) is 0 Å². The molecule has 2 N–H and O–H groups in total. The predicted molar refractivity (Wildman–Crippen MR) is 76.5 cm³/mol. The summed E-state index contributed by atoms with van der Waals surface area (Å²) >= 11 is 0. The highest BCUT2D eigenvalue weighted by atomic mass is 15.4. The van der Waals surface area contributed by atoms with Gasteiger partial charge >= 0.3 is 0 Å². The van der Waals surface area contributed by atoms with Crippen molar-refractivity contribution in [2.24, 2.45) is 0 Å². The Bertz CT molecular complexity index is 425. The quantitative estimate of drug-likeness (QED) is 0.854. The molecule has 1 aromatic rings. The molecule has 2 heterocycles. The van der Waals surface area contributed by atoms with Crippen molar-refractivity contribution in [1.82, 2.24) is 20.5 Å². The minimum absolute atomic E-state index is 0.219. The first-order valence-electron chi connectivity index (χ1n) is 7.51. The van der Waals surface area contributed by atoms with E-state index in [1.165, 1.54) is 25.7 Å². The van der Waals surface area contributed by atoms with Crippen LogP contribution in [0.3, 0.4) is 0 Å². The summed E-state index contributed by atoms with van der Waals surface area (Å²) < 4.78 is 0. The molecule has 1 saturated heterocycles. The lowest BCUT2D eigenvalue weighted by atomic mass is 9.88. The molecule has 3 rings (SSSR count). The Morgan fingerprint density at radius 1 is 1.16 bits per heavy atom. The van der Waals surface area contributed by atoms with E-state index in [9.17, 15) is 0 Å². The van der Waals surface area contributed by atoms with Crippen LogP contribution in [-0.2, 0) is 5.41 Å². The number of rotatable bonds is 2. The molecule has 2 fully saturated rings. The fourth-order valence-corrected chi connectivity index (χ4v) is 3.55. The summed E-state index contributed by atoms with van der Waals surface area (Å²) in [5.41, 5.74) is 0.219. The average Bonchev–Trinajstić information content (AvgIpc) is 2.96. The van der Waals surface area contributed by atoms with Crippen molar-refractivity contribution in [3.8, 4) is 0 Å². The number of aromatic amines is 1. The number of nitrogens with one attached hydrogen (secondary N) is 2. The second kappa shape index (κ2) is 4.78. The molecule has 1 saturated carbocycles. The molecule has 1 aliphatic carbocycles. The van der Waals surface area contributed by atoms with E-state index in [2.05, 4.69) is 41.2 Å². The second-order valence-electron chi connectivity index (χ2n) is 6.63. The third-order valence-corrected chi connectivity index (χ3v) is 4.59. The average molecular weight is 263 g/mol. The molecule has 0 amide bonds. The molecule has 5 nitrogen and oxygen atoms in total. The van der Waals surface area contributed by atoms with Gasteiger partial charge in [0.15, 0.2) is 0 Å². The van der Waals surface area contributed by atoms with Gasteiger partial charge < -0.3 is 10.2 Å². The lowest BCUT2D eigenvalue weighted by Crippen LogP contribution is -2.54. The van der Waals surface area contributed by atoms with Gasteiger partial charge in [-0.25, -0.2) is 0 Å². The van der Waals surface area contributed by atoms with Gasteiger partial charge in [-0.15, -0.1) is 5.10 Å². The van der Waals surface area contributed by atoms with Crippen molar-refractivity contribution < 1.29 is 0 Å².